The molecule has 1 aromatic rings. The fourth-order valence-electron chi connectivity index (χ4n) is 1.95. The third-order valence-electron chi connectivity index (χ3n) is 2.86. The number of carbonyl (C=O) groups excluding carboxylic acids is 1. The first-order valence-corrected chi connectivity index (χ1v) is 7.24. The smallest absolute Gasteiger partial charge is 0.166 e. The molecule has 4 heteroatoms. The first-order chi connectivity index (χ1) is 9.63. The molecule has 0 saturated carbocycles. The monoisotopic (exact) mass is 280 g/mol. The second-order valence-corrected chi connectivity index (χ2v) is 4.63. The molecule has 1 atom stereocenters. The number of carbonyl (C=O) groups is 1. The van der Waals surface area contributed by atoms with E-state index in [1.807, 2.05) is 20.8 Å². The van der Waals surface area contributed by atoms with E-state index in [-0.39, 0.29) is 11.5 Å². The maximum absolute atomic E-state index is 12.2. The molecule has 0 aliphatic carbocycles. The molecule has 1 N–H and O–H groups in total. The largest absolute Gasteiger partial charge is 0.504 e. The Balaban J connectivity index is 2.99. The minimum absolute atomic E-state index is 0.0640. The molecule has 0 spiro atoms. The number of Topliss-reactive ketones (excluding diaryl/α,β-unsaturated/α-hetero) is 1. The number of rotatable bonds is 9. The van der Waals surface area contributed by atoms with Gasteiger partial charge in [-0.1, -0.05) is 19.9 Å². The Labute approximate surface area is 120 Å². The highest BCUT2D eigenvalue weighted by Crippen LogP contribution is 2.31. The zero-order valence-corrected chi connectivity index (χ0v) is 12.5. The van der Waals surface area contributed by atoms with Crippen LogP contribution in [0.3, 0.4) is 0 Å². The van der Waals surface area contributed by atoms with Gasteiger partial charge in [-0.25, -0.2) is 0 Å². The van der Waals surface area contributed by atoms with Crippen LogP contribution in [0.4, 0.5) is 0 Å². The number of ether oxygens (including phenoxy) is 2. The molecule has 4 nitrogen and oxygen atoms in total. The van der Waals surface area contributed by atoms with E-state index in [1.165, 1.54) is 0 Å². The molecular weight excluding hydrogens is 256 g/mol. The van der Waals surface area contributed by atoms with Crippen molar-refractivity contribution in [2.75, 3.05) is 13.2 Å². The molecule has 0 amide bonds. The summed E-state index contributed by atoms with van der Waals surface area (Å²) in [5, 5.41) is 9.72. The maximum atomic E-state index is 12.2. The van der Waals surface area contributed by atoms with E-state index in [1.54, 1.807) is 18.2 Å². The van der Waals surface area contributed by atoms with Crippen molar-refractivity contribution in [1.82, 2.24) is 0 Å². The fraction of sp³-hybridized carbons (Fsp3) is 0.562. The van der Waals surface area contributed by atoms with Crippen molar-refractivity contribution in [3.63, 3.8) is 0 Å². The van der Waals surface area contributed by atoms with Gasteiger partial charge >= 0.3 is 0 Å². The minimum atomic E-state index is -0.574. The van der Waals surface area contributed by atoms with Gasteiger partial charge in [-0.05, 0) is 37.5 Å². The van der Waals surface area contributed by atoms with Gasteiger partial charge < -0.3 is 14.6 Å². The lowest BCUT2D eigenvalue weighted by atomic mass is 10.0. The van der Waals surface area contributed by atoms with Gasteiger partial charge in [0.1, 0.15) is 6.10 Å². The Kier molecular flexibility index (Phi) is 7.09. The highest BCUT2D eigenvalue weighted by atomic mass is 16.5. The number of phenols is 1. The summed E-state index contributed by atoms with van der Waals surface area (Å²) in [6.07, 6.45) is 1.56. The Morgan fingerprint density at radius 2 is 2.00 bits per heavy atom. The van der Waals surface area contributed by atoms with Crippen molar-refractivity contribution in [2.45, 2.75) is 46.1 Å². The molecule has 0 aliphatic rings. The number of hydrogen-bond acceptors (Lipinski definition) is 4. The van der Waals surface area contributed by atoms with Crippen molar-refractivity contribution in [3.8, 4) is 11.5 Å². The molecule has 0 heterocycles. The van der Waals surface area contributed by atoms with Crippen LogP contribution in [-0.2, 0) is 9.53 Å². The molecule has 0 radical (unpaired) electrons. The molecule has 0 fully saturated rings. The van der Waals surface area contributed by atoms with Gasteiger partial charge in [-0.3, -0.25) is 4.79 Å². The molecule has 0 aromatic heterocycles. The highest BCUT2D eigenvalue weighted by molar-refractivity contribution is 5.84. The summed E-state index contributed by atoms with van der Waals surface area (Å²) in [6, 6.07) is 4.94. The number of phenolic OH excluding ortho intramolecular Hbond substituents is 1. The van der Waals surface area contributed by atoms with Crippen LogP contribution in [0.5, 0.6) is 11.5 Å². The van der Waals surface area contributed by atoms with Gasteiger partial charge in [0.25, 0.3) is 0 Å². The molecule has 1 aromatic carbocycles. The summed E-state index contributed by atoms with van der Waals surface area (Å²) in [5.74, 6) is 0.529. The summed E-state index contributed by atoms with van der Waals surface area (Å²) in [5.41, 5.74) is 0.734. The summed E-state index contributed by atoms with van der Waals surface area (Å²) < 4.78 is 11.0. The summed E-state index contributed by atoms with van der Waals surface area (Å²) in [4.78, 5) is 12.2. The Hall–Kier alpha value is -1.55. The van der Waals surface area contributed by atoms with E-state index < -0.39 is 6.10 Å². The summed E-state index contributed by atoms with van der Waals surface area (Å²) >= 11 is 0. The Morgan fingerprint density at radius 1 is 1.25 bits per heavy atom. The summed E-state index contributed by atoms with van der Waals surface area (Å²) in [6.45, 7) is 6.81. The zero-order valence-electron chi connectivity index (χ0n) is 12.5. The van der Waals surface area contributed by atoms with Gasteiger partial charge in [0, 0.05) is 13.0 Å². The first kappa shape index (κ1) is 16.5. The number of benzene rings is 1. The highest BCUT2D eigenvalue weighted by Gasteiger charge is 2.21. The lowest BCUT2D eigenvalue weighted by molar-refractivity contribution is -0.131. The van der Waals surface area contributed by atoms with E-state index >= 15 is 0 Å². The van der Waals surface area contributed by atoms with Gasteiger partial charge in [-0.15, -0.1) is 0 Å². The summed E-state index contributed by atoms with van der Waals surface area (Å²) in [7, 11) is 0. The van der Waals surface area contributed by atoms with Crippen molar-refractivity contribution in [3.05, 3.63) is 23.8 Å². The van der Waals surface area contributed by atoms with Crippen molar-refractivity contribution < 1.29 is 19.4 Å². The van der Waals surface area contributed by atoms with Gasteiger partial charge in [-0.2, -0.15) is 0 Å². The first-order valence-electron chi connectivity index (χ1n) is 7.24. The van der Waals surface area contributed by atoms with E-state index in [9.17, 15) is 9.90 Å². The van der Waals surface area contributed by atoms with Crippen LogP contribution in [-0.4, -0.2) is 24.1 Å². The average Bonchev–Trinajstić information content (AvgIpc) is 2.43. The number of hydrogen-bond donors (Lipinski definition) is 1. The van der Waals surface area contributed by atoms with Crippen LogP contribution in [0.2, 0.25) is 0 Å². The van der Waals surface area contributed by atoms with Gasteiger partial charge in [0.15, 0.2) is 17.3 Å². The topological polar surface area (TPSA) is 55.8 Å². The molecule has 1 rings (SSSR count). The molecule has 0 aliphatic heterocycles. The molecule has 112 valence electrons. The normalized spacial score (nSPS) is 12.2. The van der Waals surface area contributed by atoms with Crippen LogP contribution in [0, 0.1) is 0 Å². The fourth-order valence-corrected chi connectivity index (χ4v) is 1.95. The van der Waals surface area contributed by atoms with Crippen LogP contribution < -0.4 is 4.74 Å². The molecule has 0 saturated heterocycles. The minimum Gasteiger partial charge on any atom is -0.504 e. The second-order valence-electron chi connectivity index (χ2n) is 4.63. The SMILES string of the molecule is CCCOC(C(=O)CCC)c1ccc(O)c(OCC)c1. The molecule has 1 unspecified atom stereocenters. The van der Waals surface area contributed by atoms with Crippen LogP contribution >= 0.6 is 0 Å². The van der Waals surface area contributed by atoms with Crippen molar-refractivity contribution in [2.24, 2.45) is 0 Å². The second kappa shape index (κ2) is 8.59. The van der Waals surface area contributed by atoms with Crippen LogP contribution in [0.1, 0.15) is 51.7 Å². The quantitative estimate of drug-likeness (QED) is 0.750. The zero-order chi connectivity index (χ0) is 15.0. The van der Waals surface area contributed by atoms with Crippen molar-refractivity contribution >= 4 is 5.78 Å². The predicted octanol–water partition coefficient (Wildman–Crippen LogP) is 3.63. The Morgan fingerprint density at radius 3 is 2.60 bits per heavy atom. The Bertz CT molecular complexity index is 428. The lowest BCUT2D eigenvalue weighted by Gasteiger charge is -2.18. The third kappa shape index (κ3) is 4.53. The number of ketones is 1. The van der Waals surface area contributed by atoms with Crippen LogP contribution in [0.15, 0.2) is 18.2 Å². The molecule has 20 heavy (non-hydrogen) atoms. The standard InChI is InChI=1S/C16H24O4/c1-4-7-14(18)16(20-10-5-2)12-8-9-13(17)15(11-12)19-6-3/h8-9,11,16-17H,4-7,10H2,1-3H3. The van der Waals surface area contributed by atoms with Gasteiger partial charge in [0.2, 0.25) is 0 Å². The number of aromatic hydroxyl groups is 1. The lowest BCUT2D eigenvalue weighted by Crippen LogP contribution is -2.16. The van der Waals surface area contributed by atoms with E-state index in [2.05, 4.69) is 0 Å². The molecule has 0 bridgehead atoms. The predicted molar refractivity (Wildman–Crippen MR) is 78.2 cm³/mol. The van der Waals surface area contributed by atoms with Gasteiger partial charge in [0.05, 0.1) is 6.61 Å². The van der Waals surface area contributed by atoms with E-state index in [0.717, 1.165) is 18.4 Å². The average molecular weight is 280 g/mol. The third-order valence-corrected chi connectivity index (χ3v) is 2.86. The maximum Gasteiger partial charge on any atom is 0.166 e. The van der Waals surface area contributed by atoms with Crippen LogP contribution in [0.25, 0.3) is 0 Å². The van der Waals surface area contributed by atoms with E-state index in [0.29, 0.717) is 25.4 Å². The van der Waals surface area contributed by atoms with Crippen molar-refractivity contribution in [1.29, 1.82) is 0 Å². The molecular formula is C16H24O4. The van der Waals surface area contributed by atoms with E-state index in [4.69, 9.17) is 9.47 Å².